The van der Waals surface area contributed by atoms with Crippen molar-refractivity contribution in [3.05, 3.63) is 34.4 Å². The average molecular weight is 244 g/mol. The van der Waals surface area contributed by atoms with Crippen molar-refractivity contribution < 1.29 is 4.79 Å². The molecule has 0 N–H and O–H groups in total. The predicted molar refractivity (Wildman–Crippen MR) is 76.2 cm³/mol. The Morgan fingerprint density at radius 3 is 1.94 bits per heavy atom. The molecule has 1 aromatic carbocycles. The van der Waals surface area contributed by atoms with Gasteiger partial charge in [0.1, 0.15) is 0 Å². The van der Waals surface area contributed by atoms with E-state index in [4.69, 9.17) is 0 Å². The predicted octanol–water partition coefficient (Wildman–Crippen LogP) is 4.21. The van der Waals surface area contributed by atoms with Crippen LogP contribution in [0.4, 0.5) is 0 Å². The summed E-state index contributed by atoms with van der Waals surface area (Å²) in [6, 6.07) is 4.47. The standard InChI is InChI=1S/C17H24O/c1-5-12-9-13(6-2)16(14(7-3)10-12)17(18)15-8-11(15)4/h9-11,15H,5-8H2,1-4H3. The molecule has 1 nitrogen and oxygen atoms in total. The van der Waals surface area contributed by atoms with Crippen molar-refractivity contribution in [2.24, 2.45) is 11.8 Å². The lowest BCUT2D eigenvalue weighted by atomic mass is 9.89. The molecule has 2 unspecified atom stereocenters. The highest BCUT2D eigenvalue weighted by molar-refractivity contribution is 6.02. The van der Waals surface area contributed by atoms with Gasteiger partial charge in [-0.25, -0.2) is 0 Å². The monoisotopic (exact) mass is 244 g/mol. The first-order valence-corrected chi connectivity index (χ1v) is 7.31. The van der Waals surface area contributed by atoms with Gasteiger partial charge in [-0.3, -0.25) is 4.79 Å². The molecule has 0 aromatic heterocycles. The zero-order chi connectivity index (χ0) is 13.3. The van der Waals surface area contributed by atoms with Gasteiger partial charge in [0.05, 0.1) is 0 Å². The van der Waals surface area contributed by atoms with Gasteiger partial charge in [-0.05, 0) is 48.3 Å². The SMILES string of the molecule is CCc1cc(CC)c(C(=O)C2CC2C)c(CC)c1. The van der Waals surface area contributed by atoms with E-state index in [0.717, 1.165) is 31.2 Å². The van der Waals surface area contributed by atoms with Crippen LogP contribution in [-0.2, 0) is 19.3 Å². The van der Waals surface area contributed by atoms with E-state index >= 15 is 0 Å². The molecule has 0 bridgehead atoms. The van der Waals surface area contributed by atoms with Crippen LogP contribution in [0.1, 0.15) is 61.2 Å². The molecule has 18 heavy (non-hydrogen) atoms. The minimum absolute atomic E-state index is 0.299. The normalized spacial score (nSPS) is 22.0. The van der Waals surface area contributed by atoms with Crippen LogP contribution in [0.5, 0.6) is 0 Å². The number of ketones is 1. The smallest absolute Gasteiger partial charge is 0.166 e. The molecule has 2 atom stereocenters. The summed E-state index contributed by atoms with van der Waals surface area (Å²) in [5.74, 6) is 1.30. The number of carbonyl (C=O) groups excluding carboxylic acids is 1. The molecule has 0 radical (unpaired) electrons. The fourth-order valence-corrected chi connectivity index (χ4v) is 2.79. The van der Waals surface area contributed by atoms with Crippen molar-refractivity contribution in [1.29, 1.82) is 0 Å². The second kappa shape index (κ2) is 5.26. The quantitative estimate of drug-likeness (QED) is 0.709. The van der Waals surface area contributed by atoms with Gasteiger partial charge in [0.25, 0.3) is 0 Å². The molecule has 0 heterocycles. The number of carbonyl (C=O) groups is 1. The molecule has 1 fully saturated rings. The van der Waals surface area contributed by atoms with Gasteiger partial charge in [0.2, 0.25) is 0 Å². The van der Waals surface area contributed by atoms with Crippen LogP contribution in [0, 0.1) is 11.8 Å². The molecule has 0 spiro atoms. The summed E-state index contributed by atoms with van der Waals surface area (Å²) < 4.78 is 0. The van der Waals surface area contributed by atoms with Crippen molar-refractivity contribution in [3.8, 4) is 0 Å². The molecule has 0 aliphatic heterocycles. The minimum atomic E-state index is 0.299. The van der Waals surface area contributed by atoms with Crippen molar-refractivity contribution in [1.82, 2.24) is 0 Å². The number of aryl methyl sites for hydroxylation is 3. The number of rotatable bonds is 5. The second-order valence-electron chi connectivity index (χ2n) is 5.53. The van der Waals surface area contributed by atoms with Crippen LogP contribution in [0.3, 0.4) is 0 Å². The van der Waals surface area contributed by atoms with E-state index in [2.05, 4.69) is 39.8 Å². The average Bonchev–Trinajstić information content (AvgIpc) is 3.13. The summed E-state index contributed by atoms with van der Waals surface area (Å²) >= 11 is 0. The zero-order valence-electron chi connectivity index (χ0n) is 12.0. The molecule has 1 aliphatic rings. The van der Waals surface area contributed by atoms with Crippen LogP contribution in [0.2, 0.25) is 0 Å². The molecule has 0 saturated heterocycles. The van der Waals surface area contributed by atoms with E-state index in [1.54, 1.807) is 0 Å². The minimum Gasteiger partial charge on any atom is -0.294 e. The van der Waals surface area contributed by atoms with Crippen molar-refractivity contribution in [3.63, 3.8) is 0 Å². The number of benzene rings is 1. The lowest BCUT2D eigenvalue weighted by molar-refractivity contribution is 0.0960. The highest BCUT2D eigenvalue weighted by Gasteiger charge is 2.40. The van der Waals surface area contributed by atoms with Gasteiger partial charge < -0.3 is 0 Å². The van der Waals surface area contributed by atoms with Crippen LogP contribution in [-0.4, -0.2) is 5.78 Å². The van der Waals surface area contributed by atoms with E-state index in [0.29, 0.717) is 17.6 Å². The van der Waals surface area contributed by atoms with E-state index in [1.807, 2.05) is 0 Å². The van der Waals surface area contributed by atoms with Gasteiger partial charge in [0, 0.05) is 11.5 Å². The van der Waals surface area contributed by atoms with Crippen molar-refractivity contribution in [2.45, 2.75) is 53.4 Å². The molecule has 1 saturated carbocycles. The summed E-state index contributed by atoms with van der Waals surface area (Å²) in [5, 5.41) is 0. The van der Waals surface area contributed by atoms with E-state index < -0.39 is 0 Å². The zero-order valence-corrected chi connectivity index (χ0v) is 12.0. The van der Waals surface area contributed by atoms with Gasteiger partial charge in [-0.15, -0.1) is 0 Å². The number of hydrogen-bond donors (Lipinski definition) is 0. The highest BCUT2D eigenvalue weighted by Crippen LogP contribution is 2.41. The molecule has 1 heteroatoms. The van der Waals surface area contributed by atoms with Crippen LogP contribution in [0.15, 0.2) is 12.1 Å². The molecule has 1 aromatic rings. The largest absolute Gasteiger partial charge is 0.294 e. The maximum absolute atomic E-state index is 12.6. The Labute approximate surface area is 111 Å². The summed E-state index contributed by atoms with van der Waals surface area (Å²) in [6.45, 7) is 8.67. The third-order valence-electron chi connectivity index (χ3n) is 4.22. The van der Waals surface area contributed by atoms with Gasteiger partial charge >= 0.3 is 0 Å². The molecule has 2 rings (SSSR count). The molecular formula is C17H24O. The Hall–Kier alpha value is -1.11. The topological polar surface area (TPSA) is 17.1 Å². The van der Waals surface area contributed by atoms with Crippen LogP contribution < -0.4 is 0 Å². The molecule has 98 valence electrons. The summed E-state index contributed by atoms with van der Waals surface area (Å²) in [4.78, 5) is 12.6. The van der Waals surface area contributed by atoms with Gasteiger partial charge in [-0.2, -0.15) is 0 Å². The van der Waals surface area contributed by atoms with Gasteiger partial charge in [0.15, 0.2) is 5.78 Å². The summed E-state index contributed by atoms with van der Waals surface area (Å²) in [6.07, 6.45) is 4.06. The Morgan fingerprint density at radius 1 is 1.11 bits per heavy atom. The first kappa shape index (κ1) is 13.3. The summed E-state index contributed by atoms with van der Waals surface area (Å²) in [5.41, 5.74) is 4.93. The highest BCUT2D eigenvalue weighted by atomic mass is 16.1. The first-order valence-electron chi connectivity index (χ1n) is 7.31. The Bertz CT molecular complexity index is 434. The first-order chi connectivity index (χ1) is 8.62. The van der Waals surface area contributed by atoms with Crippen molar-refractivity contribution >= 4 is 5.78 Å². The molecule has 0 amide bonds. The fourth-order valence-electron chi connectivity index (χ4n) is 2.79. The summed E-state index contributed by atoms with van der Waals surface area (Å²) in [7, 11) is 0. The molecular weight excluding hydrogens is 220 g/mol. The Kier molecular flexibility index (Phi) is 3.89. The van der Waals surface area contributed by atoms with E-state index in [-0.39, 0.29) is 0 Å². The van der Waals surface area contributed by atoms with E-state index in [9.17, 15) is 4.79 Å². The Balaban J connectivity index is 2.46. The number of Topliss-reactive ketones (excluding diaryl/α,β-unsaturated/α-hetero) is 1. The maximum atomic E-state index is 12.6. The van der Waals surface area contributed by atoms with Crippen molar-refractivity contribution in [2.75, 3.05) is 0 Å². The van der Waals surface area contributed by atoms with E-state index in [1.165, 1.54) is 16.7 Å². The lowest BCUT2D eigenvalue weighted by Gasteiger charge is -2.14. The third-order valence-corrected chi connectivity index (χ3v) is 4.22. The second-order valence-corrected chi connectivity index (χ2v) is 5.53. The van der Waals surface area contributed by atoms with Crippen LogP contribution in [0.25, 0.3) is 0 Å². The third kappa shape index (κ3) is 2.36. The van der Waals surface area contributed by atoms with Gasteiger partial charge in [-0.1, -0.05) is 39.8 Å². The lowest BCUT2D eigenvalue weighted by Crippen LogP contribution is -2.11. The maximum Gasteiger partial charge on any atom is 0.166 e. The Morgan fingerprint density at radius 2 is 1.61 bits per heavy atom. The van der Waals surface area contributed by atoms with Crippen LogP contribution >= 0.6 is 0 Å². The fraction of sp³-hybridized carbons (Fsp3) is 0.588. The number of hydrogen-bond acceptors (Lipinski definition) is 1. The molecule has 1 aliphatic carbocycles.